The van der Waals surface area contributed by atoms with Crippen LogP contribution in [0.3, 0.4) is 0 Å². The van der Waals surface area contributed by atoms with E-state index in [9.17, 15) is 0 Å². The monoisotopic (exact) mass is 520 g/mol. The maximum Gasteiger partial charge on any atom is 0.0708 e. The standard InChI is InChI=1S/C39H24N2/c1-3-10-36-31(7-1)32-8-2-4-11-37(32)41(36)28-18-12-25(13-19-28)29-20-14-26-17-23-34-30(35-9-5-6-24-40-35)21-15-27-16-22-33(29)38(26)39(27)34/h1-24H. The Morgan fingerprint density at radius 1 is 0.415 bits per heavy atom. The van der Waals surface area contributed by atoms with Crippen LogP contribution in [0.25, 0.3) is 82.2 Å². The van der Waals surface area contributed by atoms with E-state index in [0.717, 1.165) is 5.69 Å². The molecule has 190 valence electrons. The molecule has 0 atom stereocenters. The van der Waals surface area contributed by atoms with Crippen molar-refractivity contribution in [3.8, 4) is 28.1 Å². The van der Waals surface area contributed by atoms with Crippen LogP contribution in [0.4, 0.5) is 0 Å². The van der Waals surface area contributed by atoms with E-state index < -0.39 is 0 Å². The molecule has 0 N–H and O–H groups in total. The lowest BCUT2D eigenvalue weighted by atomic mass is 9.88. The van der Waals surface area contributed by atoms with Crippen LogP contribution >= 0.6 is 0 Å². The van der Waals surface area contributed by atoms with E-state index in [2.05, 4.69) is 143 Å². The number of hydrogen-bond acceptors (Lipinski definition) is 1. The van der Waals surface area contributed by atoms with Crippen molar-refractivity contribution in [3.63, 3.8) is 0 Å². The molecule has 0 saturated heterocycles. The van der Waals surface area contributed by atoms with Gasteiger partial charge in [-0.05, 0) is 79.8 Å². The zero-order valence-corrected chi connectivity index (χ0v) is 22.3. The van der Waals surface area contributed by atoms with Crippen molar-refractivity contribution in [2.75, 3.05) is 0 Å². The van der Waals surface area contributed by atoms with Crippen molar-refractivity contribution in [1.82, 2.24) is 9.55 Å². The van der Waals surface area contributed by atoms with E-state index in [1.54, 1.807) is 0 Å². The fourth-order valence-electron chi connectivity index (χ4n) is 6.79. The molecule has 0 bridgehead atoms. The summed E-state index contributed by atoms with van der Waals surface area (Å²) in [5.41, 5.74) is 8.28. The molecule has 2 nitrogen and oxygen atoms in total. The summed E-state index contributed by atoms with van der Waals surface area (Å²) in [5, 5.41) is 10.3. The number of fused-ring (bicyclic) bond motifs is 3. The van der Waals surface area contributed by atoms with E-state index in [0.29, 0.717) is 0 Å². The molecule has 7 aromatic carbocycles. The number of pyridine rings is 1. The second-order valence-corrected chi connectivity index (χ2v) is 10.8. The highest BCUT2D eigenvalue weighted by Gasteiger charge is 2.16. The van der Waals surface area contributed by atoms with Gasteiger partial charge >= 0.3 is 0 Å². The summed E-state index contributed by atoms with van der Waals surface area (Å²) in [6, 6.07) is 50.6. The summed E-state index contributed by atoms with van der Waals surface area (Å²) in [7, 11) is 0. The van der Waals surface area contributed by atoms with Gasteiger partial charge in [-0.3, -0.25) is 4.98 Å². The zero-order chi connectivity index (χ0) is 26.9. The summed E-state index contributed by atoms with van der Waals surface area (Å²) in [5.74, 6) is 0. The van der Waals surface area contributed by atoms with Crippen LogP contribution in [0, 0.1) is 0 Å². The molecule has 0 aliphatic carbocycles. The maximum absolute atomic E-state index is 4.66. The van der Waals surface area contributed by atoms with Gasteiger partial charge in [0.05, 0.1) is 16.7 Å². The lowest BCUT2D eigenvalue weighted by Gasteiger charge is -2.16. The Labute approximate surface area is 237 Å². The molecule has 0 fully saturated rings. The van der Waals surface area contributed by atoms with Crippen LogP contribution in [0.5, 0.6) is 0 Å². The van der Waals surface area contributed by atoms with Crippen LogP contribution in [0.1, 0.15) is 0 Å². The van der Waals surface area contributed by atoms with Gasteiger partial charge < -0.3 is 4.57 Å². The number of para-hydroxylation sites is 2. The molecule has 9 rings (SSSR count). The molecule has 0 aliphatic rings. The lowest BCUT2D eigenvalue weighted by Crippen LogP contribution is -1.94. The summed E-state index contributed by atoms with van der Waals surface area (Å²) < 4.78 is 2.37. The minimum absolute atomic E-state index is 1.01. The molecule has 0 saturated carbocycles. The predicted molar refractivity (Wildman–Crippen MR) is 173 cm³/mol. The van der Waals surface area contributed by atoms with Crippen molar-refractivity contribution < 1.29 is 0 Å². The molecule has 0 aliphatic heterocycles. The van der Waals surface area contributed by atoms with Gasteiger partial charge in [-0.15, -0.1) is 0 Å². The van der Waals surface area contributed by atoms with Crippen molar-refractivity contribution in [3.05, 3.63) is 146 Å². The first-order valence-electron chi connectivity index (χ1n) is 14.1. The number of aromatic nitrogens is 2. The second kappa shape index (κ2) is 8.51. The zero-order valence-electron chi connectivity index (χ0n) is 22.3. The van der Waals surface area contributed by atoms with Gasteiger partial charge in [0, 0.05) is 28.2 Å². The van der Waals surface area contributed by atoms with Gasteiger partial charge in [-0.25, -0.2) is 0 Å². The van der Waals surface area contributed by atoms with Gasteiger partial charge in [0.1, 0.15) is 0 Å². The van der Waals surface area contributed by atoms with Crippen LogP contribution in [0.2, 0.25) is 0 Å². The average Bonchev–Trinajstić information content (AvgIpc) is 3.38. The van der Waals surface area contributed by atoms with Crippen LogP contribution < -0.4 is 0 Å². The first-order valence-corrected chi connectivity index (χ1v) is 14.1. The largest absolute Gasteiger partial charge is 0.309 e. The molecule has 0 unspecified atom stereocenters. The van der Waals surface area contributed by atoms with E-state index in [1.165, 1.54) is 76.5 Å². The summed E-state index contributed by atoms with van der Waals surface area (Å²) in [6.07, 6.45) is 1.87. The maximum atomic E-state index is 4.66. The van der Waals surface area contributed by atoms with Crippen molar-refractivity contribution in [2.45, 2.75) is 0 Å². The first-order chi connectivity index (χ1) is 20.3. The molecule has 9 aromatic rings. The van der Waals surface area contributed by atoms with Crippen molar-refractivity contribution >= 4 is 54.1 Å². The lowest BCUT2D eigenvalue weighted by molar-refractivity contribution is 1.18. The van der Waals surface area contributed by atoms with Gasteiger partial charge in [-0.1, -0.05) is 103 Å². The fourth-order valence-corrected chi connectivity index (χ4v) is 6.79. The molecule has 0 spiro atoms. The van der Waals surface area contributed by atoms with Crippen LogP contribution in [-0.4, -0.2) is 9.55 Å². The van der Waals surface area contributed by atoms with E-state index in [4.69, 9.17) is 0 Å². The minimum atomic E-state index is 1.01. The van der Waals surface area contributed by atoms with Crippen LogP contribution in [0.15, 0.2) is 146 Å². The molecular weight excluding hydrogens is 496 g/mol. The third-order valence-electron chi connectivity index (χ3n) is 8.62. The highest BCUT2D eigenvalue weighted by Crippen LogP contribution is 2.42. The normalized spacial score (nSPS) is 11.9. The Morgan fingerprint density at radius 2 is 0.976 bits per heavy atom. The highest BCUT2D eigenvalue weighted by atomic mass is 15.0. The van der Waals surface area contributed by atoms with Gasteiger partial charge in [0.2, 0.25) is 0 Å². The molecule has 41 heavy (non-hydrogen) atoms. The number of nitrogens with zero attached hydrogens (tertiary/aromatic N) is 2. The molecule has 2 heteroatoms. The topological polar surface area (TPSA) is 17.8 Å². The third kappa shape index (κ3) is 3.22. The fraction of sp³-hybridized carbons (Fsp3) is 0. The van der Waals surface area contributed by atoms with Gasteiger partial charge in [0.25, 0.3) is 0 Å². The Morgan fingerprint density at radius 3 is 1.61 bits per heavy atom. The Hall–Kier alpha value is -5.47. The Bertz CT molecular complexity index is 2340. The summed E-state index contributed by atoms with van der Waals surface area (Å²) in [4.78, 5) is 4.66. The van der Waals surface area contributed by atoms with E-state index in [1.807, 2.05) is 12.3 Å². The quantitative estimate of drug-likeness (QED) is 0.212. The van der Waals surface area contributed by atoms with Gasteiger partial charge in [-0.2, -0.15) is 0 Å². The average molecular weight is 521 g/mol. The van der Waals surface area contributed by atoms with Crippen molar-refractivity contribution in [1.29, 1.82) is 0 Å². The number of benzene rings is 7. The third-order valence-corrected chi connectivity index (χ3v) is 8.62. The SMILES string of the molecule is c1ccc(-c2ccc3ccc4c(-c5ccc(-n6c7ccccc7c7ccccc76)cc5)ccc5ccc2c3c54)nc1. The van der Waals surface area contributed by atoms with E-state index >= 15 is 0 Å². The molecule has 2 aromatic heterocycles. The molecule has 2 heterocycles. The second-order valence-electron chi connectivity index (χ2n) is 10.8. The summed E-state index contributed by atoms with van der Waals surface area (Å²) in [6.45, 7) is 0. The number of rotatable bonds is 3. The Kier molecular flexibility index (Phi) is 4.64. The smallest absolute Gasteiger partial charge is 0.0708 e. The predicted octanol–water partition coefficient (Wildman–Crippen LogP) is 10.4. The molecule has 0 radical (unpaired) electrons. The Balaban J connectivity index is 1.24. The number of hydrogen-bond donors (Lipinski definition) is 0. The van der Waals surface area contributed by atoms with Gasteiger partial charge in [0.15, 0.2) is 0 Å². The van der Waals surface area contributed by atoms with E-state index in [-0.39, 0.29) is 0 Å². The molecule has 0 amide bonds. The summed E-state index contributed by atoms with van der Waals surface area (Å²) >= 11 is 0. The first kappa shape index (κ1) is 22.4. The highest BCUT2D eigenvalue weighted by molar-refractivity contribution is 6.27. The molecular formula is C39H24N2. The van der Waals surface area contributed by atoms with Crippen molar-refractivity contribution in [2.24, 2.45) is 0 Å². The minimum Gasteiger partial charge on any atom is -0.309 e. The van der Waals surface area contributed by atoms with Crippen LogP contribution in [-0.2, 0) is 0 Å².